The second-order valence-corrected chi connectivity index (χ2v) is 3.24. The Morgan fingerprint density at radius 2 is 2.07 bits per heavy atom. The summed E-state index contributed by atoms with van der Waals surface area (Å²) in [7, 11) is 0. The van der Waals surface area contributed by atoms with Crippen molar-refractivity contribution in [1.82, 2.24) is 10.8 Å². The minimum Gasteiger partial charge on any atom is -0.362 e. The molecule has 0 aliphatic heterocycles. The summed E-state index contributed by atoms with van der Waals surface area (Å²) in [4.78, 5) is 25.0. The molecule has 0 aliphatic rings. The summed E-state index contributed by atoms with van der Waals surface area (Å²) in [6.45, 7) is 4.66. The first-order valence-corrected chi connectivity index (χ1v) is 5.33. The van der Waals surface area contributed by atoms with E-state index in [0.717, 1.165) is 32.2 Å². The van der Waals surface area contributed by atoms with E-state index in [1.807, 2.05) is 0 Å². The van der Waals surface area contributed by atoms with Gasteiger partial charge in [-0.05, 0) is 19.3 Å². The van der Waals surface area contributed by atoms with E-state index < -0.39 is 0 Å². The molecule has 1 radical (unpaired) electrons. The zero-order chi connectivity index (χ0) is 11.4. The van der Waals surface area contributed by atoms with Gasteiger partial charge in [0.05, 0.1) is 0 Å². The van der Waals surface area contributed by atoms with Crippen molar-refractivity contribution in [2.75, 3.05) is 13.1 Å². The molecule has 0 saturated heterocycles. The van der Waals surface area contributed by atoms with E-state index in [4.69, 9.17) is 0 Å². The van der Waals surface area contributed by atoms with Crippen LogP contribution in [0.4, 0.5) is 0 Å². The molecule has 0 aromatic heterocycles. The Balaban J connectivity index is 3.13. The van der Waals surface area contributed by atoms with Crippen molar-refractivity contribution in [2.24, 2.45) is 0 Å². The number of hydroxylamine groups is 1. The van der Waals surface area contributed by atoms with Crippen molar-refractivity contribution in [3.8, 4) is 0 Å². The molecule has 0 fully saturated rings. The maximum Gasteiger partial charge on any atom is 0.437 e. The Morgan fingerprint density at radius 3 is 2.73 bits per heavy atom. The van der Waals surface area contributed by atoms with E-state index in [0.29, 0.717) is 13.0 Å². The number of amides is 1. The van der Waals surface area contributed by atoms with Gasteiger partial charge in [-0.2, -0.15) is 5.48 Å². The Kier molecular flexibility index (Phi) is 10.2. The van der Waals surface area contributed by atoms with Crippen molar-refractivity contribution in [3.05, 3.63) is 0 Å². The largest absolute Gasteiger partial charge is 0.437 e. The summed E-state index contributed by atoms with van der Waals surface area (Å²) in [5, 5.41) is 2.83. The molecule has 0 bridgehead atoms. The number of carbonyl (C=O) groups excluding carboxylic acids is 2. The van der Waals surface area contributed by atoms with E-state index in [9.17, 15) is 9.59 Å². The van der Waals surface area contributed by atoms with Gasteiger partial charge in [-0.15, -0.1) is 0 Å². The third-order valence-corrected chi connectivity index (χ3v) is 1.90. The summed E-state index contributed by atoms with van der Waals surface area (Å²) >= 11 is 0. The molecule has 0 heterocycles. The van der Waals surface area contributed by atoms with Crippen LogP contribution in [0.25, 0.3) is 0 Å². The van der Waals surface area contributed by atoms with Gasteiger partial charge in [-0.25, -0.2) is 4.79 Å². The van der Waals surface area contributed by atoms with E-state index in [-0.39, 0.29) is 5.91 Å². The van der Waals surface area contributed by atoms with Gasteiger partial charge in [0.2, 0.25) is 5.91 Å². The Bertz CT molecular complexity index is 174. The van der Waals surface area contributed by atoms with Crippen LogP contribution >= 0.6 is 0 Å². The second kappa shape index (κ2) is 11.0. The lowest BCUT2D eigenvalue weighted by atomic mass is 10.2. The SMILES string of the molecule is CCCCNC(=O)CCCCNO[C]=O. The number of hydrogen-bond acceptors (Lipinski definition) is 4. The van der Waals surface area contributed by atoms with Crippen LogP contribution in [0.1, 0.15) is 39.0 Å². The minimum atomic E-state index is 0.0892. The van der Waals surface area contributed by atoms with Gasteiger partial charge in [-0.1, -0.05) is 13.3 Å². The zero-order valence-corrected chi connectivity index (χ0v) is 9.17. The summed E-state index contributed by atoms with van der Waals surface area (Å²) in [6.07, 6.45) is 4.21. The number of rotatable bonds is 10. The number of nitrogens with one attached hydrogen (secondary N) is 2. The highest BCUT2D eigenvalue weighted by Gasteiger charge is 1.99. The maximum absolute atomic E-state index is 11.2. The molecule has 0 saturated carbocycles. The van der Waals surface area contributed by atoms with Gasteiger partial charge in [-0.3, -0.25) is 4.79 Å². The van der Waals surface area contributed by atoms with Gasteiger partial charge < -0.3 is 10.2 Å². The third kappa shape index (κ3) is 10.8. The van der Waals surface area contributed by atoms with E-state index in [1.54, 1.807) is 0 Å². The molecule has 0 unspecified atom stereocenters. The highest BCUT2D eigenvalue weighted by Crippen LogP contribution is 1.94. The highest BCUT2D eigenvalue weighted by molar-refractivity contribution is 5.75. The third-order valence-electron chi connectivity index (χ3n) is 1.90. The van der Waals surface area contributed by atoms with Crippen molar-refractivity contribution >= 4 is 12.4 Å². The summed E-state index contributed by atoms with van der Waals surface area (Å²) < 4.78 is 0. The average molecular weight is 215 g/mol. The molecular weight excluding hydrogens is 196 g/mol. The molecule has 15 heavy (non-hydrogen) atoms. The number of carbonyl (C=O) groups is 1. The van der Waals surface area contributed by atoms with Crippen LogP contribution in [0.5, 0.6) is 0 Å². The quantitative estimate of drug-likeness (QED) is 0.415. The highest BCUT2D eigenvalue weighted by atomic mass is 16.7. The van der Waals surface area contributed by atoms with Crippen LogP contribution in [-0.2, 0) is 14.4 Å². The first-order valence-electron chi connectivity index (χ1n) is 5.33. The maximum atomic E-state index is 11.2. The van der Waals surface area contributed by atoms with Crippen molar-refractivity contribution in [3.63, 3.8) is 0 Å². The summed E-state index contributed by atoms with van der Waals surface area (Å²) in [5.41, 5.74) is 2.41. The molecule has 5 nitrogen and oxygen atoms in total. The van der Waals surface area contributed by atoms with Crippen LogP contribution in [0, 0.1) is 0 Å². The fraction of sp³-hybridized carbons (Fsp3) is 0.800. The smallest absolute Gasteiger partial charge is 0.362 e. The van der Waals surface area contributed by atoms with Crippen LogP contribution < -0.4 is 10.8 Å². The topological polar surface area (TPSA) is 67.4 Å². The van der Waals surface area contributed by atoms with Crippen LogP contribution in [-0.4, -0.2) is 25.5 Å². The minimum absolute atomic E-state index is 0.0892. The number of hydrogen-bond donors (Lipinski definition) is 2. The van der Waals surface area contributed by atoms with Crippen LogP contribution in [0.3, 0.4) is 0 Å². The van der Waals surface area contributed by atoms with Crippen molar-refractivity contribution in [1.29, 1.82) is 0 Å². The van der Waals surface area contributed by atoms with E-state index in [2.05, 4.69) is 22.6 Å². The zero-order valence-electron chi connectivity index (χ0n) is 9.17. The lowest BCUT2D eigenvalue weighted by molar-refractivity contribution is -0.121. The molecule has 0 atom stereocenters. The van der Waals surface area contributed by atoms with Crippen LogP contribution in [0.2, 0.25) is 0 Å². The predicted octanol–water partition coefficient (Wildman–Crippen LogP) is 0.661. The molecule has 0 aromatic rings. The van der Waals surface area contributed by atoms with Gasteiger partial charge in [0.1, 0.15) is 0 Å². The van der Waals surface area contributed by atoms with Crippen molar-refractivity contribution in [2.45, 2.75) is 39.0 Å². The standard InChI is InChI=1S/C10H19N2O3/c1-2-3-7-11-10(14)6-4-5-8-12-15-9-13/h12H,2-8H2,1H3,(H,11,14). The molecule has 0 aliphatic carbocycles. The van der Waals surface area contributed by atoms with Gasteiger partial charge >= 0.3 is 6.47 Å². The molecule has 0 spiro atoms. The molecule has 87 valence electrons. The molecule has 5 heteroatoms. The fourth-order valence-corrected chi connectivity index (χ4v) is 1.06. The fourth-order valence-electron chi connectivity index (χ4n) is 1.06. The normalized spacial score (nSPS) is 9.67. The Hall–Kier alpha value is -1.10. The lowest BCUT2D eigenvalue weighted by Crippen LogP contribution is -2.24. The number of unbranched alkanes of at least 4 members (excludes halogenated alkanes) is 2. The van der Waals surface area contributed by atoms with Crippen LogP contribution in [0.15, 0.2) is 0 Å². The van der Waals surface area contributed by atoms with Gasteiger partial charge in [0, 0.05) is 19.5 Å². The first kappa shape index (κ1) is 13.9. The molecule has 1 amide bonds. The first-order chi connectivity index (χ1) is 7.31. The van der Waals surface area contributed by atoms with E-state index >= 15 is 0 Å². The molecule has 0 aromatic carbocycles. The monoisotopic (exact) mass is 215 g/mol. The average Bonchev–Trinajstić information content (AvgIpc) is 2.23. The summed E-state index contributed by atoms with van der Waals surface area (Å²) in [5.74, 6) is 0.0892. The molecule has 0 rings (SSSR count). The molecule has 2 N–H and O–H groups in total. The van der Waals surface area contributed by atoms with Crippen molar-refractivity contribution < 1.29 is 14.4 Å². The predicted molar refractivity (Wildman–Crippen MR) is 56.5 cm³/mol. The van der Waals surface area contributed by atoms with Gasteiger partial charge in [0.25, 0.3) is 0 Å². The van der Waals surface area contributed by atoms with Gasteiger partial charge in [0.15, 0.2) is 0 Å². The lowest BCUT2D eigenvalue weighted by Gasteiger charge is -2.03. The summed E-state index contributed by atoms with van der Waals surface area (Å²) in [6, 6.07) is 0. The van der Waals surface area contributed by atoms with E-state index in [1.165, 1.54) is 6.47 Å². The molecular formula is C10H19N2O3. The Morgan fingerprint density at radius 1 is 1.27 bits per heavy atom. The second-order valence-electron chi connectivity index (χ2n) is 3.24. The Labute approximate surface area is 90.5 Å².